The molecule has 0 saturated carbocycles. The van der Waals surface area contributed by atoms with Crippen molar-refractivity contribution >= 4 is 5.97 Å². The summed E-state index contributed by atoms with van der Waals surface area (Å²) in [6.45, 7) is 2.34. The van der Waals surface area contributed by atoms with Crippen molar-refractivity contribution in [2.75, 3.05) is 6.61 Å². The van der Waals surface area contributed by atoms with Crippen LogP contribution in [0.15, 0.2) is 30.3 Å². The Morgan fingerprint density at radius 1 is 1.39 bits per heavy atom. The lowest BCUT2D eigenvalue weighted by Gasteiger charge is -2.17. The van der Waals surface area contributed by atoms with Gasteiger partial charge in [-0.1, -0.05) is 43.7 Å². The highest BCUT2D eigenvalue weighted by atomic mass is 16.5. The SMILES string of the molecule is CCCCOC(=O)[C@@H](O)C(N)Cc1ccccc1. The van der Waals surface area contributed by atoms with Crippen LogP contribution < -0.4 is 5.73 Å². The summed E-state index contributed by atoms with van der Waals surface area (Å²) < 4.78 is 4.93. The highest BCUT2D eigenvalue weighted by Gasteiger charge is 2.24. The molecule has 1 rings (SSSR count). The van der Waals surface area contributed by atoms with E-state index in [1.165, 1.54) is 0 Å². The highest BCUT2D eigenvalue weighted by molar-refractivity contribution is 5.75. The average Bonchev–Trinajstić information content (AvgIpc) is 2.39. The van der Waals surface area contributed by atoms with Crippen LogP contribution in [0.4, 0.5) is 0 Å². The minimum Gasteiger partial charge on any atom is -0.464 e. The largest absolute Gasteiger partial charge is 0.464 e. The number of nitrogens with two attached hydrogens (primary N) is 1. The van der Waals surface area contributed by atoms with E-state index in [-0.39, 0.29) is 0 Å². The number of unbranched alkanes of at least 4 members (excludes halogenated alkanes) is 1. The predicted molar refractivity (Wildman–Crippen MR) is 70.0 cm³/mol. The molecule has 0 fully saturated rings. The summed E-state index contributed by atoms with van der Waals surface area (Å²) in [6.07, 6.45) is 0.929. The van der Waals surface area contributed by atoms with E-state index >= 15 is 0 Å². The second-order valence-corrected chi connectivity index (χ2v) is 4.32. The topological polar surface area (TPSA) is 72.5 Å². The standard InChI is InChI=1S/C14H21NO3/c1-2-3-9-18-14(17)13(16)12(15)10-11-7-5-4-6-8-11/h4-8,12-13,16H,2-3,9-10,15H2,1H3/t12?,13-/m0/s1. The summed E-state index contributed by atoms with van der Waals surface area (Å²) >= 11 is 0. The van der Waals surface area contributed by atoms with E-state index in [1.54, 1.807) is 0 Å². The maximum atomic E-state index is 11.5. The van der Waals surface area contributed by atoms with Crippen LogP contribution in [0.3, 0.4) is 0 Å². The smallest absolute Gasteiger partial charge is 0.336 e. The van der Waals surface area contributed by atoms with Crippen LogP contribution in [0.5, 0.6) is 0 Å². The van der Waals surface area contributed by atoms with Gasteiger partial charge in [-0.3, -0.25) is 0 Å². The average molecular weight is 251 g/mol. The molecule has 0 amide bonds. The van der Waals surface area contributed by atoms with Crippen molar-refractivity contribution in [1.82, 2.24) is 0 Å². The van der Waals surface area contributed by atoms with E-state index in [0.717, 1.165) is 18.4 Å². The lowest BCUT2D eigenvalue weighted by molar-refractivity contribution is -0.154. The summed E-state index contributed by atoms with van der Waals surface area (Å²) in [5, 5.41) is 9.75. The number of hydrogen-bond acceptors (Lipinski definition) is 4. The summed E-state index contributed by atoms with van der Waals surface area (Å²) in [7, 11) is 0. The molecule has 18 heavy (non-hydrogen) atoms. The van der Waals surface area contributed by atoms with E-state index in [0.29, 0.717) is 13.0 Å². The van der Waals surface area contributed by atoms with Crippen LogP contribution in [-0.4, -0.2) is 29.8 Å². The molecule has 1 aromatic rings. The van der Waals surface area contributed by atoms with Crippen LogP contribution in [-0.2, 0) is 16.0 Å². The van der Waals surface area contributed by atoms with Crippen molar-refractivity contribution in [2.45, 2.75) is 38.3 Å². The van der Waals surface area contributed by atoms with Crippen LogP contribution in [0.2, 0.25) is 0 Å². The second-order valence-electron chi connectivity index (χ2n) is 4.32. The van der Waals surface area contributed by atoms with Crippen LogP contribution >= 0.6 is 0 Å². The number of esters is 1. The van der Waals surface area contributed by atoms with Crippen LogP contribution in [0.1, 0.15) is 25.3 Å². The van der Waals surface area contributed by atoms with E-state index in [4.69, 9.17) is 10.5 Å². The van der Waals surface area contributed by atoms with Gasteiger partial charge >= 0.3 is 5.97 Å². The highest BCUT2D eigenvalue weighted by Crippen LogP contribution is 2.06. The number of carbonyl (C=O) groups excluding carboxylic acids is 1. The zero-order valence-corrected chi connectivity index (χ0v) is 10.7. The number of aliphatic hydroxyl groups excluding tert-OH is 1. The maximum absolute atomic E-state index is 11.5. The Balaban J connectivity index is 2.40. The maximum Gasteiger partial charge on any atom is 0.336 e. The first kappa shape index (κ1) is 14.7. The predicted octanol–water partition coefficient (Wildman–Crippen LogP) is 1.26. The first-order valence-corrected chi connectivity index (χ1v) is 6.29. The molecule has 4 heteroatoms. The Kier molecular flexibility index (Phi) is 6.39. The van der Waals surface area contributed by atoms with Crippen molar-refractivity contribution in [3.05, 3.63) is 35.9 Å². The molecule has 0 spiro atoms. The Morgan fingerprint density at radius 3 is 2.67 bits per heavy atom. The molecule has 0 aliphatic carbocycles. The molecule has 0 aromatic heterocycles. The quantitative estimate of drug-likeness (QED) is 0.565. The van der Waals surface area contributed by atoms with Gasteiger partial charge < -0.3 is 15.6 Å². The van der Waals surface area contributed by atoms with Crippen LogP contribution in [0.25, 0.3) is 0 Å². The van der Waals surface area contributed by atoms with Crippen molar-refractivity contribution in [1.29, 1.82) is 0 Å². The molecule has 0 heterocycles. The van der Waals surface area contributed by atoms with Crippen molar-refractivity contribution < 1.29 is 14.6 Å². The normalized spacial score (nSPS) is 13.9. The number of hydrogen-bond donors (Lipinski definition) is 2. The fraction of sp³-hybridized carbons (Fsp3) is 0.500. The van der Waals surface area contributed by atoms with Gasteiger partial charge in [0.2, 0.25) is 0 Å². The van der Waals surface area contributed by atoms with Crippen LogP contribution in [0, 0.1) is 0 Å². The minimum absolute atomic E-state index is 0.338. The molecular formula is C14H21NO3. The molecule has 2 atom stereocenters. The van der Waals surface area contributed by atoms with Gasteiger partial charge in [-0.25, -0.2) is 4.79 Å². The first-order chi connectivity index (χ1) is 8.65. The third-order valence-electron chi connectivity index (χ3n) is 2.70. The lowest BCUT2D eigenvalue weighted by atomic mass is 10.0. The van der Waals surface area contributed by atoms with Crippen molar-refractivity contribution in [2.24, 2.45) is 5.73 Å². The Morgan fingerprint density at radius 2 is 2.06 bits per heavy atom. The minimum atomic E-state index is -1.26. The third-order valence-corrected chi connectivity index (χ3v) is 2.70. The summed E-state index contributed by atoms with van der Waals surface area (Å²) in [6, 6.07) is 8.89. The molecule has 0 aliphatic heterocycles. The fourth-order valence-corrected chi connectivity index (χ4v) is 1.58. The summed E-state index contributed by atoms with van der Waals surface area (Å²) in [5.41, 5.74) is 6.79. The fourth-order valence-electron chi connectivity index (χ4n) is 1.58. The first-order valence-electron chi connectivity index (χ1n) is 6.29. The molecule has 0 bridgehead atoms. The molecule has 4 nitrogen and oxygen atoms in total. The monoisotopic (exact) mass is 251 g/mol. The molecule has 0 radical (unpaired) electrons. The van der Waals surface area contributed by atoms with E-state index < -0.39 is 18.1 Å². The Hall–Kier alpha value is -1.39. The van der Waals surface area contributed by atoms with E-state index in [9.17, 15) is 9.90 Å². The van der Waals surface area contributed by atoms with Gasteiger partial charge in [-0.15, -0.1) is 0 Å². The third kappa shape index (κ3) is 4.85. The summed E-state index contributed by atoms with van der Waals surface area (Å²) in [4.78, 5) is 11.5. The molecular weight excluding hydrogens is 230 g/mol. The van der Waals surface area contributed by atoms with Gasteiger partial charge in [0.15, 0.2) is 6.10 Å². The molecule has 0 saturated heterocycles. The zero-order chi connectivity index (χ0) is 13.4. The number of ether oxygens (including phenoxy) is 1. The Labute approximate surface area is 108 Å². The van der Waals surface area contributed by atoms with Gasteiger partial charge in [-0.2, -0.15) is 0 Å². The van der Waals surface area contributed by atoms with Gasteiger partial charge in [-0.05, 0) is 18.4 Å². The zero-order valence-electron chi connectivity index (χ0n) is 10.7. The molecule has 1 aromatic carbocycles. The van der Waals surface area contributed by atoms with Gasteiger partial charge in [0, 0.05) is 6.04 Å². The molecule has 3 N–H and O–H groups in total. The Bertz CT molecular complexity index is 353. The van der Waals surface area contributed by atoms with Crippen molar-refractivity contribution in [3.8, 4) is 0 Å². The second kappa shape index (κ2) is 7.84. The van der Waals surface area contributed by atoms with Gasteiger partial charge in [0.1, 0.15) is 0 Å². The molecule has 0 aliphatic rings. The van der Waals surface area contributed by atoms with Gasteiger partial charge in [0.25, 0.3) is 0 Å². The number of carbonyl (C=O) groups is 1. The molecule has 100 valence electrons. The lowest BCUT2D eigenvalue weighted by Crippen LogP contribution is -2.43. The van der Waals surface area contributed by atoms with E-state index in [1.807, 2.05) is 37.3 Å². The number of benzene rings is 1. The number of rotatable bonds is 7. The van der Waals surface area contributed by atoms with Crippen molar-refractivity contribution in [3.63, 3.8) is 0 Å². The van der Waals surface area contributed by atoms with Gasteiger partial charge in [0.05, 0.1) is 6.61 Å². The summed E-state index contributed by atoms with van der Waals surface area (Å²) in [5.74, 6) is -0.633. The van der Waals surface area contributed by atoms with E-state index in [2.05, 4.69) is 0 Å². The number of aliphatic hydroxyl groups is 1. The molecule has 1 unspecified atom stereocenters.